The Morgan fingerprint density at radius 2 is 1.45 bits per heavy atom. The molecule has 0 radical (unpaired) electrons. The first-order chi connectivity index (χ1) is 14.5. The number of nitrogens with one attached hydrogen (secondary N) is 3. The van der Waals surface area contributed by atoms with E-state index in [2.05, 4.69) is 16.0 Å². The number of carbonyl (C=O) groups excluding carboxylic acids is 3. The summed E-state index contributed by atoms with van der Waals surface area (Å²) in [6, 6.07) is 1.30. The summed E-state index contributed by atoms with van der Waals surface area (Å²) >= 11 is 0. The van der Waals surface area contributed by atoms with Gasteiger partial charge in [0.2, 0.25) is 17.7 Å². The van der Waals surface area contributed by atoms with Crippen LogP contribution in [0.4, 0.5) is 0 Å². The number of aliphatic carboxylic acids is 1. The number of aliphatic hydroxyl groups excluding tert-OH is 1. The zero-order valence-corrected chi connectivity index (χ0v) is 17.7. The molecule has 4 atom stereocenters. The quantitative estimate of drug-likeness (QED) is 0.216. The van der Waals surface area contributed by atoms with Crippen LogP contribution in [-0.2, 0) is 25.6 Å². The second-order valence-corrected chi connectivity index (χ2v) is 7.53. The maximum atomic E-state index is 12.8. The van der Waals surface area contributed by atoms with Crippen LogP contribution in [0, 0.1) is 5.92 Å². The number of phenols is 1. The van der Waals surface area contributed by atoms with Gasteiger partial charge in [-0.2, -0.15) is 0 Å². The summed E-state index contributed by atoms with van der Waals surface area (Å²) in [4.78, 5) is 48.6. The largest absolute Gasteiger partial charge is 0.508 e. The van der Waals surface area contributed by atoms with Crippen molar-refractivity contribution in [2.24, 2.45) is 11.7 Å². The Balaban J connectivity index is 3.08. The molecule has 0 aromatic heterocycles. The fourth-order valence-electron chi connectivity index (χ4n) is 2.62. The second kappa shape index (κ2) is 11.9. The topological polar surface area (TPSA) is 191 Å². The molecule has 0 fully saturated rings. The molecule has 31 heavy (non-hydrogen) atoms. The first-order valence-electron chi connectivity index (χ1n) is 9.74. The van der Waals surface area contributed by atoms with Gasteiger partial charge in [0.15, 0.2) is 0 Å². The average molecular weight is 438 g/mol. The lowest BCUT2D eigenvalue weighted by Gasteiger charge is -2.26. The van der Waals surface area contributed by atoms with Gasteiger partial charge in [0.05, 0.1) is 12.6 Å². The number of hydrogen-bond donors (Lipinski definition) is 7. The lowest BCUT2D eigenvalue weighted by Crippen LogP contribution is -2.59. The Morgan fingerprint density at radius 1 is 0.903 bits per heavy atom. The van der Waals surface area contributed by atoms with Crippen LogP contribution in [0.25, 0.3) is 0 Å². The minimum atomic E-state index is -1.55. The molecule has 11 heteroatoms. The molecule has 1 aromatic carbocycles. The van der Waals surface area contributed by atoms with Crippen molar-refractivity contribution >= 4 is 23.7 Å². The minimum absolute atomic E-state index is 0.0125. The standard InChI is InChI=1S/C20H30N4O7/c1-10(2)16(24-17(27)11(3)21)19(29)22-14(8-12-4-6-13(26)7-5-12)18(28)23-15(9-25)20(30)31/h4-7,10-11,14-16,25-26H,8-9,21H2,1-3H3,(H,22,29)(H,23,28)(H,24,27)(H,30,31). The molecule has 172 valence electrons. The third-order valence-electron chi connectivity index (χ3n) is 4.47. The van der Waals surface area contributed by atoms with Crippen molar-refractivity contribution < 1.29 is 34.5 Å². The number of carboxylic acid groups (broad SMARTS) is 1. The number of hydrogen-bond acceptors (Lipinski definition) is 7. The molecule has 4 unspecified atom stereocenters. The van der Waals surface area contributed by atoms with Gasteiger partial charge in [-0.25, -0.2) is 4.79 Å². The predicted molar refractivity (Wildman–Crippen MR) is 111 cm³/mol. The SMILES string of the molecule is CC(N)C(=O)NC(C(=O)NC(Cc1ccc(O)cc1)C(=O)NC(CO)C(=O)O)C(C)C. The molecule has 1 rings (SSSR count). The van der Waals surface area contributed by atoms with E-state index in [1.54, 1.807) is 26.0 Å². The molecule has 1 aromatic rings. The maximum absolute atomic E-state index is 12.8. The molecular formula is C20H30N4O7. The number of carbonyl (C=O) groups is 4. The highest BCUT2D eigenvalue weighted by atomic mass is 16.4. The summed E-state index contributed by atoms with van der Waals surface area (Å²) in [7, 11) is 0. The molecule has 3 amide bonds. The van der Waals surface area contributed by atoms with E-state index in [1.165, 1.54) is 19.1 Å². The summed E-state index contributed by atoms with van der Waals surface area (Å²) < 4.78 is 0. The molecule has 11 nitrogen and oxygen atoms in total. The van der Waals surface area contributed by atoms with Crippen LogP contribution in [0.2, 0.25) is 0 Å². The van der Waals surface area contributed by atoms with Gasteiger partial charge in [0.25, 0.3) is 0 Å². The van der Waals surface area contributed by atoms with Crippen molar-refractivity contribution in [2.75, 3.05) is 6.61 Å². The second-order valence-electron chi connectivity index (χ2n) is 7.53. The average Bonchev–Trinajstić information content (AvgIpc) is 2.69. The predicted octanol–water partition coefficient (Wildman–Crippen LogP) is -1.53. The van der Waals surface area contributed by atoms with Crippen LogP contribution in [-0.4, -0.2) is 69.8 Å². The monoisotopic (exact) mass is 438 g/mol. The van der Waals surface area contributed by atoms with Crippen molar-refractivity contribution in [1.82, 2.24) is 16.0 Å². The highest BCUT2D eigenvalue weighted by molar-refractivity contribution is 5.94. The van der Waals surface area contributed by atoms with Crippen LogP contribution < -0.4 is 21.7 Å². The molecule has 0 aliphatic carbocycles. The molecule has 0 spiro atoms. The van der Waals surface area contributed by atoms with Gasteiger partial charge in [-0.1, -0.05) is 26.0 Å². The smallest absolute Gasteiger partial charge is 0.328 e. The summed E-state index contributed by atoms with van der Waals surface area (Å²) in [6.45, 7) is 4.03. The van der Waals surface area contributed by atoms with Crippen molar-refractivity contribution in [2.45, 2.75) is 51.4 Å². The summed E-state index contributed by atoms with van der Waals surface area (Å²) in [5.74, 6) is -3.78. The van der Waals surface area contributed by atoms with Crippen molar-refractivity contribution in [3.8, 4) is 5.75 Å². The van der Waals surface area contributed by atoms with Crippen molar-refractivity contribution in [1.29, 1.82) is 0 Å². The number of rotatable bonds is 11. The fraction of sp³-hybridized carbons (Fsp3) is 0.500. The van der Waals surface area contributed by atoms with Crippen LogP contribution in [0.1, 0.15) is 26.3 Å². The summed E-state index contributed by atoms with van der Waals surface area (Å²) in [6.07, 6.45) is -0.0261. The van der Waals surface area contributed by atoms with E-state index < -0.39 is 54.5 Å². The fourth-order valence-corrected chi connectivity index (χ4v) is 2.62. The Bertz CT molecular complexity index is 780. The number of carboxylic acids is 1. The lowest BCUT2D eigenvalue weighted by molar-refractivity contribution is -0.143. The molecule has 0 saturated carbocycles. The van der Waals surface area contributed by atoms with E-state index in [9.17, 15) is 29.4 Å². The Labute approximate surface area is 180 Å². The van der Waals surface area contributed by atoms with Gasteiger partial charge in [0, 0.05) is 6.42 Å². The Morgan fingerprint density at radius 3 is 1.90 bits per heavy atom. The molecule has 0 heterocycles. The van der Waals surface area contributed by atoms with Crippen molar-refractivity contribution in [3.63, 3.8) is 0 Å². The van der Waals surface area contributed by atoms with E-state index in [0.717, 1.165) is 0 Å². The zero-order chi connectivity index (χ0) is 23.7. The van der Waals surface area contributed by atoms with Crippen LogP contribution in [0.15, 0.2) is 24.3 Å². The van der Waals surface area contributed by atoms with Gasteiger partial charge in [-0.05, 0) is 30.5 Å². The van der Waals surface area contributed by atoms with Gasteiger partial charge in [-0.3, -0.25) is 14.4 Å². The van der Waals surface area contributed by atoms with Crippen LogP contribution in [0.3, 0.4) is 0 Å². The van der Waals surface area contributed by atoms with Gasteiger partial charge < -0.3 is 37.0 Å². The van der Waals surface area contributed by atoms with E-state index in [4.69, 9.17) is 10.8 Å². The third kappa shape index (κ3) is 8.22. The molecule has 8 N–H and O–H groups in total. The number of aliphatic hydroxyl groups is 1. The number of aromatic hydroxyl groups is 1. The minimum Gasteiger partial charge on any atom is -0.508 e. The van der Waals surface area contributed by atoms with Crippen LogP contribution >= 0.6 is 0 Å². The van der Waals surface area contributed by atoms with E-state index in [1.807, 2.05) is 0 Å². The van der Waals surface area contributed by atoms with E-state index >= 15 is 0 Å². The molecule has 0 saturated heterocycles. The first-order valence-corrected chi connectivity index (χ1v) is 9.74. The molecule has 0 aliphatic rings. The van der Waals surface area contributed by atoms with Gasteiger partial charge >= 0.3 is 5.97 Å². The highest BCUT2D eigenvalue weighted by Gasteiger charge is 2.31. The first kappa shape index (κ1) is 25.9. The normalized spacial score (nSPS) is 14.8. The Kier molecular flexibility index (Phi) is 9.90. The molecular weight excluding hydrogens is 408 g/mol. The Hall–Kier alpha value is -3.18. The number of phenolic OH excluding ortho intramolecular Hbond substituents is 1. The highest BCUT2D eigenvalue weighted by Crippen LogP contribution is 2.12. The third-order valence-corrected chi connectivity index (χ3v) is 4.47. The summed E-state index contributed by atoms with van der Waals surface area (Å²) in [5, 5.41) is 34.9. The van der Waals surface area contributed by atoms with E-state index in [0.29, 0.717) is 5.56 Å². The zero-order valence-electron chi connectivity index (χ0n) is 17.7. The number of amides is 3. The van der Waals surface area contributed by atoms with Gasteiger partial charge in [0.1, 0.15) is 23.9 Å². The van der Waals surface area contributed by atoms with Crippen molar-refractivity contribution in [3.05, 3.63) is 29.8 Å². The number of benzene rings is 1. The van der Waals surface area contributed by atoms with Crippen LogP contribution in [0.5, 0.6) is 5.75 Å². The lowest BCUT2D eigenvalue weighted by atomic mass is 10.0. The maximum Gasteiger partial charge on any atom is 0.328 e. The number of nitrogens with two attached hydrogens (primary N) is 1. The molecule has 0 bridgehead atoms. The van der Waals surface area contributed by atoms with Gasteiger partial charge in [-0.15, -0.1) is 0 Å². The summed E-state index contributed by atoms with van der Waals surface area (Å²) in [5.41, 5.74) is 6.12. The molecule has 0 aliphatic heterocycles. The van der Waals surface area contributed by atoms with E-state index in [-0.39, 0.29) is 18.1 Å².